The van der Waals surface area contributed by atoms with Gasteiger partial charge in [0.05, 0.1) is 0 Å². The largest absolute Gasteiger partial charge is 0.290 e. The Labute approximate surface area is 62.6 Å². The predicted molar refractivity (Wildman–Crippen MR) is 40.8 cm³/mol. The Morgan fingerprint density at radius 2 is 1.67 bits per heavy atom. The highest BCUT2D eigenvalue weighted by molar-refractivity contribution is 8.23. The summed E-state index contributed by atoms with van der Waals surface area (Å²) in [7, 11) is 0. The van der Waals surface area contributed by atoms with Crippen LogP contribution in [0.1, 0.15) is 6.92 Å². The molecular weight excluding hydrogens is 160 g/mol. The summed E-state index contributed by atoms with van der Waals surface area (Å²) >= 11 is 3.93. The molecular formula is C4H6O3S2. The zero-order valence-electron chi connectivity index (χ0n) is 4.73. The molecule has 0 heterocycles. The number of rotatable bonds is 2. The van der Waals surface area contributed by atoms with Gasteiger partial charge in [-0.15, -0.1) is 12.6 Å². The van der Waals surface area contributed by atoms with Crippen LogP contribution in [0.4, 0.5) is 0 Å². The molecule has 0 aliphatic rings. The van der Waals surface area contributed by atoms with Crippen LogP contribution in [0.15, 0.2) is 0 Å². The molecule has 0 aromatic carbocycles. The minimum Gasteiger partial charge on any atom is -0.290 e. The summed E-state index contributed by atoms with van der Waals surface area (Å²) in [5.41, 5.74) is 0.958. The van der Waals surface area contributed by atoms with E-state index in [0.717, 1.165) is 0 Å². The minimum atomic E-state index is -0.139. The molecule has 52 valence electrons. The average Bonchev–Trinajstić information content (AvgIpc) is 1.66. The van der Waals surface area contributed by atoms with Gasteiger partial charge >= 0.3 is 0 Å². The Morgan fingerprint density at radius 1 is 1.44 bits per heavy atom. The van der Waals surface area contributed by atoms with E-state index in [2.05, 4.69) is 12.6 Å². The van der Waals surface area contributed by atoms with Gasteiger partial charge in [0.15, 0.2) is 16.4 Å². The first-order valence-corrected chi connectivity index (χ1v) is 3.26. The summed E-state index contributed by atoms with van der Waals surface area (Å²) < 4.78 is 0. The van der Waals surface area contributed by atoms with Gasteiger partial charge in [0.25, 0.3) is 0 Å². The molecule has 0 aliphatic carbocycles. The van der Waals surface area contributed by atoms with Crippen molar-refractivity contribution in [2.24, 2.45) is 0 Å². The third-order valence-electron chi connectivity index (χ3n) is 0.111. The van der Waals surface area contributed by atoms with Gasteiger partial charge in [0.2, 0.25) is 0 Å². The van der Waals surface area contributed by atoms with Gasteiger partial charge in [0.1, 0.15) is 0 Å². The topological polar surface area (TPSA) is 51.2 Å². The lowest BCUT2D eigenvalue weighted by Crippen LogP contribution is -1.62. The van der Waals surface area contributed by atoms with Crippen LogP contribution in [-0.2, 0) is 14.4 Å². The van der Waals surface area contributed by atoms with Gasteiger partial charge in [-0.1, -0.05) is 0 Å². The molecule has 0 bridgehead atoms. The molecule has 0 unspecified atom stereocenters. The third kappa shape index (κ3) is 86.0. The molecule has 0 aliphatic heterocycles. The van der Waals surface area contributed by atoms with Crippen molar-refractivity contribution in [2.45, 2.75) is 6.92 Å². The molecule has 0 aromatic rings. The first-order chi connectivity index (χ1) is 4.15. The molecule has 0 saturated carbocycles. The van der Waals surface area contributed by atoms with E-state index in [-0.39, 0.29) is 5.12 Å². The van der Waals surface area contributed by atoms with Crippen LogP contribution in [0.25, 0.3) is 0 Å². The number of thioether (sulfide) groups is 1. The van der Waals surface area contributed by atoms with Crippen LogP contribution in [-0.4, -0.2) is 16.4 Å². The van der Waals surface area contributed by atoms with Crippen molar-refractivity contribution in [2.75, 3.05) is 0 Å². The van der Waals surface area contributed by atoms with E-state index in [0.29, 0.717) is 23.0 Å². The number of hydrogen-bond donors (Lipinski definition) is 1. The summed E-state index contributed by atoms with van der Waals surface area (Å²) in [5, 5.41) is -0.139. The van der Waals surface area contributed by atoms with Crippen molar-refractivity contribution in [1.29, 1.82) is 0 Å². The lowest BCUT2D eigenvalue weighted by Gasteiger charge is -1.55. The summed E-state index contributed by atoms with van der Waals surface area (Å²) in [6, 6.07) is 0. The Bertz CT molecular complexity index is 92.0. The van der Waals surface area contributed by atoms with Crippen LogP contribution < -0.4 is 0 Å². The molecule has 5 heteroatoms. The third-order valence-corrected chi connectivity index (χ3v) is 0.333. The van der Waals surface area contributed by atoms with Crippen molar-refractivity contribution in [3.63, 3.8) is 0 Å². The molecule has 0 saturated heterocycles. The molecule has 0 atom stereocenters. The maximum absolute atomic E-state index is 9.31. The van der Waals surface area contributed by atoms with E-state index >= 15 is 0 Å². The molecule has 0 aromatic heterocycles. The molecule has 0 radical (unpaired) electrons. The van der Waals surface area contributed by atoms with Crippen LogP contribution in [0.5, 0.6) is 0 Å². The van der Waals surface area contributed by atoms with E-state index < -0.39 is 0 Å². The van der Waals surface area contributed by atoms with Gasteiger partial charge < -0.3 is 0 Å². The first kappa shape index (κ1) is 11.5. The highest BCUT2D eigenvalue weighted by atomic mass is 32.2. The van der Waals surface area contributed by atoms with Crippen molar-refractivity contribution in [3.8, 4) is 0 Å². The van der Waals surface area contributed by atoms with Gasteiger partial charge in [-0.05, 0) is 11.8 Å². The van der Waals surface area contributed by atoms with Crippen LogP contribution in [0.2, 0.25) is 0 Å². The quantitative estimate of drug-likeness (QED) is 0.481. The fourth-order valence-corrected chi connectivity index (χ4v) is 0.0680. The molecule has 0 spiro atoms. The standard InChI is InChI=1S/C2H2O2S.C2H4OS/c3-1-5-2-4;1-2(3)4/h1-2H;1H3,(H,3,4). The Balaban J connectivity index is 0. The van der Waals surface area contributed by atoms with Crippen LogP contribution in [0, 0.1) is 0 Å². The molecule has 0 fully saturated rings. The average molecular weight is 166 g/mol. The molecule has 0 rings (SSSR count). The summed E-state index contributed by atoms with van der Waals surface area (Å²) in [6.45, 7) is 1.39. The van der Waals surface area contributed by atoms with Crippen molar-refractivity contribution in [3.05, 3.63) is 0 Å². The second kappa shape index (κ2) is 10.6. The van der Waals surface area contributed by atoms with Gasteiger partial charge in [-0.25, -0.2) is 0 Å². The summed E-state index contributed by atoms with van der Waals surface area (Å²) in [5.74, 6) is 0. The first-order valence-electron chi connectivity index (χ1n) is 1.87. The van der Waals surface area contributed by atoms with Crippen molar-refractivity contribution in [1.82, 2.24) is 0 Å². The SMILES string of the molecule is CC(=O)S.O=CSC=O. The smallest absolute Gasteiger partial charge is 0.183 e. The van der Waals surface area contributed by atoms with E-state index in [1.54, 1.807) is 0 Å². The lowest BCUT2D eigenvalue weighted by molar-refractivity contribution is -0.108. The molecule has 3 nitrogen and oxygen atoms in total. The zero-order valence-corrected chi connectivity index (χ0v) is 6.45. The van der Waals surface area contributed by atoms with E-state index in [1.165, 1.54) is 6.92 Å². The second-order valence-corrected chi connectivity index (χ2v) is 2.13. The second-order valence-electron chi connectivity index (χ2n) is 0.848. The Hall–Kier alpha value is -0.290. The van der Waals surface area contributed by atoms with Crippen LogP contribution in [0.3, 0.4) is 0 Å². The predicted octanol–water partition coefficient (Wildman–Crippen LogP) is 0.563. The van der Waals surface area contributed by atoms with E-state index in [1.807, 2.05) is 0 Å². The highest BCUT2D eigenvalue weighted by Gasteiger charge is 1.65. The molecule has 0 N–H and O–H groups in total. The number of carbonyl (C=O) groups excluding carboxylic acids is 3. The zero-order chi connectivity index (χ0) is 7.70. The molecule has 9 heavy (non-hydrogen) atoms. The summed E-state index contributed by atoms with van der Waals surface area (Å²) in [6.07, 6.45) is 0. The van der Waals surface area contributed by atoms with Gasteiger partial charge in [-0.2, -0.15) is 0 Å². The maximum atomic E-state index is 9.31. The van der Waals surface area contributed by atoms with Crippen molar-refractivity contribution < 1.29 is 14.4 Å². The minimum absolute atomic E-state index is 0.139. The fourth-order valence-electron chi connectivity index (χ4n) is 0.0227. The number of hydrogen-bond acceptors (Lipinski definition) is 4. The van der Waals surface area contributed by atoms with Gasteiger partial charge in [-0.3, -0.25) is 14.4 Å². The van der Waals surface area contributed by atoms with Crippen molar-refractivity contribution >= 4 is 40.7 Å². The Morgan fingerprint density at radius 3 is 1.67 bits per heavy atom. The maximum Gasteiger partial charge on any atom is 0.183 e. The van der Waals surface area contributed by atoms with E-state index in [4.69, 9.17) is 9.59 Å². The fraction of sp³-hybridized carbons (Fsp3) is 0.250. The van der Waals surface area contributed by atoms with Gasteiger partial charge in [0, 0.05) is 6.92 Å². The summed E-state index contributed by atoms with van der Waals surface area (Å²) in [4.78, 5) is 27.6. The number of thiol groups is 1. The molecule has 0 amide bonds. The highest BCUT2D eigenvalue weighted by Crippen LogP contribution is 1.77. The van der Waals surface area contributed by atoms with E-state index in [9.17, 15) is 4.79 Å². The lowest BCUT2D eigenvalue weighted by atomic mass is 10.9. The number of carbonyl (C=O) groups is 3. The monoisotopic (exact) mass is 166 g/mol. The van der Waals surface area contributed by atoms with Crippen LogP contribution >= 0.6 is 24.4 Å². The normalized spacial score (nSPS) is 6.44. The Kier molecular flexibility index (Phi) is 13.6.